The van der Waals surface area contributed by atoms with Gasteiger partial charge in [-0.1, -0.05) is 65.5 Å². The van der Waals surface area contributed by atoms with Crippen LogP contribution in [0.5, 0.6) is 11.5 Å². The van der Waals surface area contributed by atoms with Crippen LogP contribution >= 0.6 is 0 Å². The fraction of sp³-hybridized carbons (Fsp3) is 0.643. The van der Waals surface area contributed by atoms with E-state index in [2.05, 4.69) is 61.8 Å². The molecule has 0 bridgehead atoms. The maximum absolute atomic E-state index is 5.96. The average Bonchev–Trinajstić information content (AvgIpc) is 2.83. The molecule has 0 aliphatic rings. The highest BCUT2D eigenvalue weighted by Gasteiger charge is 2.23. The second kappa shape index (κ2) is 14.1. The molecule has 0 saturated carbocycles. The minimum Gasteiger partial charge on any atom is -0.495 e. The summed E-state index contributed by atoms with van der Waals surface area (Å²) in [6.45, 7) is 13.3. The zero-order chi connectivity index (χ0) is 23.3. The Balaban J connectivity index is 2.80. The molecule has 0 N–H and O–H groups in total. The molecule has 0 radical (unpaired) electrons. The molecule has 0 saturated heterocycles. The average molecular weight is 443 g/mol. The normalized spacial score (nSPS) is 11.1. The third-order valence-corrected chi connectivity index (χ3v) is 6.26. The molecule has 0 unspecified atom stereocenters. The Hall–Kier alpha value is -2.10. The Morgan fingerprint density at radius 1 is 0.562 bits per heavy atom. The Bertz CT molecular complexity index is 727. The third kappa shape index (κ3) is 6.46. The van der Waals surface area contributed by atoms with Crippen LogP contribution in [0.15, 0.2) is 24.3 Å². The zero-order valence-electron chi connectivity index (χ0n) is 21.5. The first kappa shape index (κ1) is 26.2. The Kier molecular flexibility index (Phi) is 11.5. The molecule has 0 heterocycles. The first-order valence-corrected chi connectivity index (χ1v) is 12.8. The van der Waals surface area contributed by atoms with Gasteiger partial charge in [0.1, 0.15) is 11.5 Å². The van der Waals surface area contributed by atoms with E-state index in [1.165, 1.54) is 73.5 Å². The van der Waals surface area contributed by atoms with Crippen molar-refractivity contribution in [2.24, 2.45) is 0 Å². The predicted octanol–water partition coefficient (Wildman–Crippen LogP) is 7.67. The summed E-state index contributed by atoms with van der Waals surface area (Å²) in [5.74, 6) is 1.93. The highest BCUT2D eigenvalue weighted by Crippen LogP contribution is 2.46. The maximum atomic E-state index is 5.96. The lowest BCUT2D eigenvalue weighted by atomic mass is 10.0. The smallest absolute Gasteiger partial charge is 0.142 e. The van der Waals surface area contributed by atoms with Crippen molar-refractivity contribution in [3.05, 3.63) is 24.3 Å². The van der Waals surface area contributed by atoms with Crippen molar-refractivity contribution < 1.29 is 9.47 Å². The minimum atomic E-state index is 0.963. The van der Waals surface area contributed by atoms with E-state index < -0.39 is 0 Å². The van der Waals surface area contributed by atoms with Crippen molar-refractivity contribution in [3.63, 3.8) is 0 Å². The zero-order valence-corrected chi connectivity index (χ0v) is 21.5. The van der Waals surface area contributed by atoms with E-state index in [0.717, 1.165) is 37.7 Å². The highest BCUT2D eigenvalue weighted by molar-refractivity contribution is 6.08. The molecule has 2 aromatic carbocycles. The lowest BCUT2D eigenvalue weighted by molar-refractivity contribution is 0.413. The largest absolute Gasteiger partial charge is 0.495 e. The summed E-state index contributed by atoms with van der Waals surface area (Å²) in [5, 5.41) is 2.54. The topological polar surface area (TPSA) is 24.9 Å². The van der Waals surface area contributed by atoms with Gasteiger partial charge in [0.05, 0.1) is 25.6 Å². The summed E-state index contributed by atoms with van der Waals surface area (Å²) in [5.41, 5.74) is 2.47. The van der Waals surface area contributed by atoms with E-state index >= 15 is 0 Å². The molecule has 0 aromatic heterocycles. The molecule has 2 rings (SSSR count). The van der Waals surface area contributed by atoms with Gasteiger partial charge in [-0.15, -0.1) is 0 Å². The molecule has 180 valence electrons. The Labute approximate surface area is 196 Å². The molecular weight excluding hydrogens is 396 g/mol. The van der Waals surface area contributed by atoms with E-state index in [1.807, 2.05) is 0 Å². The summed E-state index contributed by atoms with van der Waals surface area (Å²) < 4.78 is 11.9. The number of unbranched alkanes of at least 4 members (excludes halogenated alkanes) is 4. The van der Waals surface area contributed by atoms with Gasteiger partial charge in [0.2, 0.25) is 0 Å². The lowest BCUT2D eigenvalue weighted by Crippen LogP contribution is -2.29. The van der Waals surface area contributed by atoms with Crippen LogP contribution in [0.25, 0.3) is 10.8 Å². The van der Waals surface area contributed by atoms with Crippen LogP contribution in [0.1, 0.15) is 79.1 Å². The number of fused-ring (bicyclic) bond motifs is 1. The van der Waals surface area contributed by atoms with Gasteiger partial charge in [0.25, 0.3) is 0 Å². The van der Waals surface area contributed by atoms with Crippen LogP contribution in [0, 0.1) is 0 Å². The van der Waals surface area contributed by atoms with Crippen LogP contribution < -0.4 is 19.3 Å². The van der Waals surface area contributed by atoms with Crippen LogP contribution in [-0.2, 0) is 0 Å². The van der Waals surface area contributed by atoms with Gasteiger partial charge >= 0.3 is 0 Å². The van der Waals surface area contributed by atoms with E-state index in [-0.39, 0.29) is 0 Å². The Morgan fingerprint density at radius 3 is 1.19 bits per heavy atom. The molecule has 0 amide bonds. The first-order chi connectivity index (χ1) is 15.7. The molecule has 2 aromatic rings. The third-order valence-electron chi connectivity index (χ3n) is 6.26. The number of methoxy groups -OCH3 is 2. The van der Waals surface area contributed by atoms with E-state index in [0.29, 0.717) is 0 Å². The standard InChI is InChI=1S/C28H46N2O2/c1-7-11-19-29(20-12-8-2)27-24(31-5)17-15-23-16-18-25(32-6)28(26(23)27)30(21-13-9-3)22-14-10-4/h15-18H,7-14,19-22H2,1-6H3. The van der Waals surface area contributed by atoms with Crippen molar-refractivity contribution >= 4 is 22.1 Å². The number of benzene rings is 2. The van der Waals surface area contributed by atoms with Crippen LogP contribution in [0.4, 0.5) is 11.4 Å². The molecule has 0 atom stereocenters. The molecule has 0 aliphatic heterocycles. The van der Waals surface area contributed by atoms with Gasteiger partial charge in [-0.05, 0) is 43.2 Å². The number of hydrogen-bond acceptors (Lipinski definition) is 4. The second-order valence-corrected chi connectivity index (χ2v) is 8.72. The van der Waals surface area contributed by atoms with Gasteiger partial charge in [-0.25, -0.2) is 0 Å². The van der Waals surface area contributed by atoms with E-state index in [1.54, 1.807) is 14.2 Å². The molecule has 4 nitrogen and oxygen atoms in total. The SMILES string of the molecule is CCCCN(CCCC)c1c(OC)ccc2ccc(OC)c(N(CCCC)CCCC)c12. The van der Waals surface area contributed by atoms with Crippen molar-refractivity contribution in [2.45, 2.75) is 79.1 Å². The predicted molar refractivity (Wildman–Crippen MR) is 141 cm³/mol. The van der Waals surface area contributed by atoms with E-state index in [9.17, 15) is 0 Å². The number of ether oxygens (including phenoxy) is 2. The monoisotopic (exact) mass is 442 g/mol. The van der Waals surface area contributed by atoms with Crippen molar-refractivity contribution in [1.82, 2.24) is 0 Å². The Morgan fingerprint density at radius 2 is 0.906 bits per heavy atom. The highest BCUT2D eigenvalue weighted by atomic mass is 16.5. The molecule has 0 aliphatic carbocycles. The van der Waals surface area contributed by atoms with Gasteiger partial charge in [-0.2, -0.15) is 0 Å². The summed E-state index contributed by atoms with van der Waals surface area (Å²) in [4.78, 5) is 5.13. The number of nitrogens with zero attached hydrogens (tertiary/aromatic N) is 2. The van der Waals surface area contributed by atoms with Gasteiger partial charge < -0.3 is 19.3 Å². The van der Waals surface area contributed by atoms with Crippen LogP contribution in [0.2, 0.25) is 0 Å². The molecular formula is C28H46N2O2. The first-order valence-electron chi connectivity index (χ1n) is 12.8. The quantitative estimate of drug-likeness (QED) is 0.266. The summed E-state index contributed by atoms with van der Waals surface area (Å²) in [6.07, 6.45) is 9.46. The number of hydrogen-bond donors (Lipinski definition) is 0. The fourth-order valence-corrected chi connectivity index (χ4v) is 4.37. The summed E-state index contributed by atoms with van der Waals surface area (Å²) in [7, 11) is 3.60. The van der Waals surface area contributed by atoms with Crippen LogP contribution in [0.3, 0.4) is 0 Å². The van der Waals surface area contributed by atoms with Gasteiger partial charge in [-0.3, -0.25) is 0 Å². The molecule has 0 fully saturated rings. The number of rotatable bonds is 16. The summed E-state index contributed by atoms with van der Waals surface area (Å²) in [6, 6.07) is 8.69. The van der Waals surface area contributed by atoms with Crippen LogP contribution in [-0.4, -0.2) is 40.4 Å². The molecule has 4 heteroatoms. The number of anilines is 2. The second-order valence-electron chi connectivity index (χ2n) is 8.72. The van der Waals surface area contributed by atoms with Crippen molar-refractivity contribution in [1.29, 1.82) is 0 Å². The van der Waals surface area contributed by atoms with Crippen molar-refractivity contribution in [3.8, 4) is 11.5 Å². The fourth-order valence-electron chi connectivity index (χ4n) is 4.37. The lowest BCUT2D eigenvalue weighted by Gasteiger charge is -2.33. The van der Waals surface area contributed by atoms with E-state index in [4.69, 9.17) is 9.47 Å². The maximum Gasteiger partial charge on any atom is 0.142 e. The molecule has 32 heavy (non-hydrogen) atoms. The van der Waals surface area contributed by atoms with Gasteiger partial charge in [0, 0.05) is 31.6 Å². The summed E-state index contributed by atoms with van der Waals surface area (Å²) >= 11 is 0. The molecule has 0 spiro atoms. The van der Waals surface area contributed by atoms with Gasteiger partial charge in [0.15, 0.2) is 0 Å². The van der Waals surface area contributed by atoms with Crippen molar-refractivity contribution in [2.75, 3.05) is 50.2 Å². The minimum absolute atomic E-state index is 0.963.